The molecule has 0 radical (unpaired) electrons. The number of hydrogen-bond donors (Lipinski definition) is 4. The third-order valence-corrected chi connectivity index (χ3v) is 5.24. The monoisotopic (exact) mass is 492 g/mol. The van der Waals surface area contributed by atoms with E-state index >= 15 is 0 Å². The molecule has 184 valence electrons. The van der Waals surface area contributed by atoms with Crippen molar-refractivity contribution in [1.82, 2.24) is 20.6 Å². The number of ether oxygens (including phenoxy) is 1. The number of aromatic nitrogens is 2. The molecule has 12 nitrogen and oxygen atoms in total. The number of carbonyl (C=O) groups excluding carboxylic acids is 3. The van der Waals surface area contributed by atoms with Gasteiger partial charge in [0.2, 0.25) is 17.8 Å². The van der Waals surface area contributed by atoms with Crippen molar-refractivity contribution in [2.75, 3.05) is 23.1 Å². The second-order valence-corrected chi connectivity index (χ2v) is 9.97. The van der Waals surface area contributed by atoms with E-state index in [1.54, 1.807) is 40.7 Å². The van der Waals surface area contributed by atoms with Crippen LogP contribution < -0.4 is 20.7 Å². The first-order valence-electron chi connectivity index (χ1n) is 10.2. The van der Waals surface area contributed by atoms with Crippen LogP contribution in [0.4, 0.5) is 16.4 Å². The van der Waals surface area contributed by atoms with Gasteiger partial charge in [-0.25, -0.2) is 27.9 Å². The van der Waals surface area contributed by atoms with Crippen molar-refractivity contribution in [3.8, 4) is 0 Å². The summed E-state index contributed by atoms with van der Waals surface area (Å²) in [7, 11) is -3.93. The van der Waals surface area contributed by atoms with Gasteiger partial charge >= 0.3 is 6.09 Å². The van der Waals surface area contributed by atoms with Crippen LogP contribution in [0.3, 0.4) is 0 Å². The zero-order valence-corrected chi connectivity index (χ0v) is 20.4. The van der Waals surface area contributed by atoms with Crippen molar-refractivity contribution in [3.05, 3.63) is 41.7 Å². The normalized spacial score (nSPS) is 11.3. The fraction of sp³-hybridized carbons (Fsp3) is 0.381. The number of carbonyl (C=O) groups is 3. The summed E-state index contributed by atoms with van der Waals surface area (Å²) >= 11 is 0. The van der Waals surface area contributed by atoms with Crippen LogP contribution in [0.5, 0.6) is 0 Å². The van der Waals surface area contributed by atoms with Crippen molar-refractivity contribution < 1.29 is 27.5 Å². The summed E-state index contributed by atoms with van der Waals surface area (Å²) in [5.41, 5.74) is 0.874. The van der Waals surface area contributed by atoms with E-state index in [0.717, 1.165) is 0 Å². The van der Waals surface area contributed by atoms with Gasteiger partial charge < -0.3 is 20.7 Å². The van der Waals surface area contributed by atoms with Crippen LogP contribution in [0.1, 0.15) is 32.2 Å². The molecule has 13 heteroatoms. The largest absolute Gasteiger partial charge is 0.444 e. The maximum Gasteiger partial charge on any atom is 0.408 e. The van der Waals surface area contributed by atoms with Gasteiger partial charge in [0.05, 0.1) is 11.4 Å². The molecule has 1 heterocycles. The lowest BCUT2D eigenvalue weighted by Gasteiger charge is -2.19. The standard InChI is InChI=1S/C21H28N6O6S/c1-13-10-14(2)25-19(24-13)27-34(31,32)16-8-6-15(7-9-16)26-18(29)12-22-17(28)11-23-20(30)33-21(3,4)5/h6-10H,11-12H2,1-5H3,(H,22,28)(H,23,30)(H,26,29)(H,24,25,27). The summed E-state index contributed by atoms with van der Waals surface area (Å²) in [6, 6.07) is 7.14. The molecule has 0 saturated heterocycles. The van der Waals surface area contributed by atoms with E-state index < -0.39 is 33.5 Å². The SMILES string of the molecule is Cc1cc(C)nc(NS(=O)(=O)c2ccc(NC(=O)CNC(=O)CNC(=O)OC(C)(C)C)cc2)n1. The van der Waals surface area contributed by atoms with Crippen LogP contribution >= 0.6 is 0 Å². The number of anilines is 2. The summed E-state index contributed by atoms with van der Waals surface area (Å²) in [6.07, 6.45) is -0.749. The Morgan fingerprint density at radius 3 is 2.03 bits per heavy atom. The van der Waals surface area contributed by atoms with Gasteiger partial charge in [-0.3, -0.25) is 9.59 Å². The molecule has 0 spiro atoms. The summed E-state index contributed by atoms with van der Waals surface area (Å²) in [6.45, 7) is 7.82. The summed E-state index contributed by atoms with van der Waals surface area (Å²) in [5, 5.41) is 7.16. The second-order valence-electron chi connectivity index (χ2n) is 8.28. The maximum absolute atomic E-state index is 12.6. The van der Waals surface area contributed by atoms with Gasteiger partial charge in [0, 0.05) is 17.1 Å². The third kappa shape index (κ3) is 9.02. The number of sulfonamides is 1. The molecular formula is C21H28N6O6S. The Kier molecular flexibility index (Phi) is 8.51. The van der Waals surface area contributed by atoms with E-state index in [1.807, 2.05) is 0 Å². The topological polar surface area (TPSA) is 168 Å². The average Bonchev–Trinajstić information content (AvgIpc) is 2.68. The van der Waals surface area contributed by atoms with Crippen LogP contribution in [0.2, 0.25) is 0 Å². The zero-order chi connectivity index (χ0) is 25.5. The first-order valence-corrected chi connectivity index (χ1v) is 11.7. The van der Waals surface area contributed by atoms with E-state index in [1.165, 1.54) is 24.3 Å². The quantitative estimate of drug-likeness (QED) is 0.429. The molecule has 0 aliphatic rings. The number of benzene rings is 1. The molecule has 0 aliphatic heterocycles. The molecule has 0 fully saturated rings. The molecule has 0 unspecified atom stereocenters. The highest BCUT2D eigenvalue weighted by Crippen LogP contribution is 2.17. The Bertz CT molecular complexity index is 1140. The Balaban J connectivity index is 1.85. The minimum atomic E-state index is -3.93. The van der Waals surface area contributed by atoms with Gasteiger partial charge in [-0.1, -0.05) is 0 Å². The number of hydrogen-bond acceptors (Lipinski definition) is 8. The average molecular weight is 493 g/mol. The van der Waals surface area contributed by atoms with Crippen LogP contribution in [-0.2, 0) is 24.3 Å². The van der Waals surface area contributed by atoms with Crippen molar-refractivity contribution >= 4 is 39.6 Å². The van der Waals surface area contributed by atoms with E-state index in [-0.39, 0.29) is 23.9 Å². The van der Waals surface area contributed by atoms with Gasteiger partial charge in [0.15, 0.2) is 0 Å². The molecule has 0 saturated carbocycles. The molecule has 3 amide bonds. The first kappa shape index (κ1) is 26.5. The van der Waals surface area contributed by atoms with Gasteiger partial charge in [-0.15, -0.1) is 0 Å². The molecule has 1 aromatic heterocycles. The third-order valence-electron chi connectivity index (χ3n) is 3.89. The molecule has 4 N–H and O–H groups in total. The fourth-order valence-electron chi connectivity index (χ4n) is 2.58. The zero-order valence-electron chi connectivity index (χ0n) is 19.6. The number of nitrogens with one attached hydrogen (secondary N) is 4. The van der Waals surface area contributed by atoms with Crippen molar-refractivity contribution in [3.63, 3.8) is 0 Å². The Morgan fingerprint density at radius 2 is 1.47 bits per heavy atom. The Hall–Kier alpha value is -3.74. The molecule has 1 aromatic carbocycles. The van der Waals surface area contributed by atoms with Crippen LogP contribution in [0.15, 0.2) is 35.2 Å². The molecule has 2 aromatic rings. The van der Waals surface area contributed by atoms with Gasteiger partial charge in [0.1, 0.15) is 12.1 Å². The van der Waals surface area contributed by atoms with Crippen molar-refractivity contribution in [1.29, 1.82) is 0 Å². The van der Waals surface area contributed by atoms with Gasteiger partial charge in [0.25, 0.3) is 10.0 Å². The van der Waals surface area contributed by atoms with Crippen LogP contribution in [0.25, 0.3) is 0 Å². The maximum atomic E-state index is 12.6. The summed E-state index contributed by atoms with van der Waals surface area (Å²) < 4.78 is 32.4. The Morgan fingerprint density at radius 1 is 0.912 bits per heavy atom. The van der Waals surface area contributed by atoms with E-state index in [9.17, 15) is 22.8 Å². The molecule has 0 aliphatic carbocycles. The predicted molar refractivity (Wildman–Crippen MR) is 125 cm³/mol. The molecule has 34 heavy (non-hydrogen) atoms. The predicted octanol–water partition coefficient (Wildman–Crippen LogP) is 1.47. The minimum Gasteiger partial charge on any atom is -0.444 e. The second kappa shape index (κ2) is 10.9. The summed E-state index contributed by atoms with van der Waals surface area (Å²) in [5.74, 6) is -1.16. The molecule has 0 bridgehead atoms. The van der Waals surface area contributed by atoms with E-state index in [4.69, 9.17) is 4.74 Å². The number of rotatable bonds is 8. The van der Waals surface area contributed by atoms with Crippen LogP contribution in [-0.4, -0.2) is 55.0 Å². The lowest BCUT2D eigenvalue weighted by atomic mass is 10.2. The highest BCUT2D eigenvalue weighted by atomic mass is 32.2. The van der Waals surface area contributed by atoms with Gasteiger partial charge in [-0.2, -0.15) is 0 Å². The Labute approximate surface area is 198 Å². The molecular weight excluding hydrogens is 464 g/mol. The fourth-order valence-corrected chi connectivity index (χ4v) is 3.53. The van der Waals surface area contributed by atoms with Crippen LogP contribution in [0, 0.1) is 13.8 Å². The highest BCUT2D eigenvalue weighted by Gasteiger charge is 2.18. The van der Waals surface area contributed by atoms with Crippen molar-refractivity contribution in [2.24, 2.45) is 0 Å². The highest BCUT2D eigenvalue weighted by molar-refractivity contribution is 7.92. The smallest absolute Gasteiger partial charge is 0.408 e. The van der Waals surface area contributed by atoms with E-state index in [2.05, 4.69) is 30.6 Å². The molecule has 0 atom stereocenters. The first-order chi connectivity index (χ1) is 15.7. The lowest BCUT2D eigenvalue weighted by Crippen LogP contribution is -2.41. The summed E-state index contributed by atoms with van der Waals surface area (Å²) in [4.78, 5) is 43.4. The number of amides is 3. The minimum absolute atomic E-state index is 0.0354. The van der Waals surface area contributed by atoms with E-state index in [0.29, 0.717) is 17.1 Å². The van der Waals surface area contributed by atoms with Gasteiger partial charge in [-0.05, 0) is 65.0 Å². The number of alkyl carbamates (subject to hydrolysis) is 1. The van der Waals surface area contributed by atoms with Crippen molar-refractivity contribution in [2.45, 2.75) is 45.1 Å². The number of nitrogens with zero attached hydrogens (tertiary/aromatic N) is 2. The lowest BCUT2D eigenvalue weighted by molar-refractivity contribution is -0.123. The number of aryl methyl sites for hydroxylation is 2. The molecule has 2 rings (SSSR count).